The molecule has 12 N–H and O–H groups in total. The third-order valence-electron chi connectivity index (χ3n) is 4.85. The number of rotatable bonds is 8. The van der Waals surface area contributed by atoms with Gasteiger partial charge in [0, 0.05) is 0 Å². The molecule has 0 bridgehead atoms. The van der Waals surface area contributed by atoms with Crippen molar-refractivity contribution in [1.82, 2.24) is 0 Å². The molecule has 4 aromatic rings. The molecule has 0 amide bonds. The Morgan fingerprint density at radius 3 is 0.580 bits per heavy atom. The standard InChI is InChI=1S/4C9H8O2.2Cu.4H2O/c4*10-9(11)7-6-8-4-2-1-3-5-8;;;;;;/h4*1-7H,(H,10,11);;;4*1H2/q;;;;2*+2;;;;/b4*7-6+;;;;;;. The molecule has 14 heteroatoms. The molecule has 0 saturated carbocycles. The Balaban J connectivity index is -0.000000124. The number of benzene rings is 4. The minimum Gasteiger partial charge on any atom is -0.545 e. The maximum absolute atomic E-state index is 9.97. The van der Waals surface area contributed by atoms with Crippen LogP contribution in [0, 0.1) is 0 Å². The molecule has 0 unspecified atom stereocenters. The van der Waals surface area contributed by atoms with Crippen LogP contribution in [0.2, 0.25) is 0 Å². The molecule has 50 heavy (non-hydrogen) atoms. The molecule has 12 nitrogen and oxygen atoms in total. The molecule has 0 aliphatic rings. The largest absolute Gasteiger partial charge is 2.00 e. The van der Waals surface area contributed by atoms with Crippen LogP contribution in [0.5, 0.6) is 0 Å². The van der Waals surface area contributed by atoms with Crippen LogP contribution in [0.25, 0.3) is 24.3 Å². The van der Waals surface area contributed by atoms with Crippen LogP contribution in [-0.2, 0) is 75.2 Å². The molecule has 0 fully saturated rings. The Labute approximate surface area is 310 Å². The molecule has 274 valence electrons. The summed E-state index contributed by atoms with van der Waals surface area (Å²) in [5.74, 6) is -4.69. The second-order valence-corrected chi connectivity index (χ2v) is 8.25. The second kappa shape index (κ2) is 36.4. The van der Waals surface area contributed by atoms with E-state index in [4.69, 9.17) is 0 Å². The molecule has 0 aromatic heterocycles. The third-order valence-corrected chi connectivity index (χ3v) is 4.85. The van der Waals surface area contributed by atoms with Crippen molar-refractivity contribution in [2.24, 2.45) is 0 Å². The molecule has 4 rings (SSSR count). The number of hydrogen-bond acceptors (Lipinski definition) is 8. The first-order valence-electron chi connectivity index (χ1n) is 12.9. The molecular weight excluding hydrogens is 751 g/mol. The van der Waals surface area contributed by atoms with Crippen molar-refractivity contribution >= 4 is 48.2 Å². The van der Waals surface area contributed by atoms with E-state index in [1.807, 2.05) is 121 Å². The number of hydrogen-bond donors (Lipinski definition) is 0. The quantitative estimate of drug-likeness (QED) is 0.110. The summed E-state index contributed by atoms with van der Waals surface area (Å²) in [7, 11) is 0. The molecular formula is C36H40Cu2O12+4. The average molecular weight is 792 g/mol. The first kappa shape index (κ1) is 56.9. The van der Waals surface area contributed by atoms with Gasteiger partial charge in [-0.2, -0.15) is 0 Å². The van der Waals surface area contributed by atoms with E-state index in [1.54, 1.807) is 0 Å². The van der Waals surface area contributed by atoms with Crippen LogP contribution in [0.15, 0.2) is 146 Å². The van der Waals surface area contributed by atoms with Crippen molar-refractivity contribution in [2.75, 3.05) is 0 Å². The van der Waals surface area contributed by atoms with E-state index in [2.05, 4.69) is 0 Å². The van der Waals surface area contributed by atoms with Crippen LogP contribution in [0.4, 0.5) is 0 Å². The van der Waals surface area contributed by atoms with E-state index in [-0.39, 0.29) is 56.0 Å². The fourth-order valence-electron chi connectivity index (χ4n) is 2.91. The summed E-state index contributed by atoms with van der Waals surface area (Å²) in [6.45, 7) is 0. The maximum atomic E-state index is 9.97. The van der Waals surface area contributed by atoms with E-state index in [0.717, 1.165) is 46.6 Å². The van der Waals surface area contributed by atoms with Gasteiger partial charge in [-0.15, -0.1) is 0 Å². The Morgan fingerprint density at radius 2 is 0.460 bits per heavy atom. The van der Waals surface area contributed by atoms with Crippen LogP contribution >= 0.6 is 0 Å². The van der Waals surface area contributed by atoms with E-state index >= 15 is 0 Å². The van der Waals surface area contributed by atoms with Crippen LogP contribution < -0.4 is 20.4 Å². The molecule has 0 spiro atoms. The summed E-state index contributed by atoms with van der Waals surface area (Å²) >= 11 is 0. The number of carbonyl (C=O) groups is 4. The maximum Gasteiger partial charge on any atom is 2.00 e. The molecule has 0 atom stereocenters. The number of carboxylic acid groups (broad SMARTS) is 4. The third kappa shape index (κ3) is 33.9. The van der Waals surface area contributed by atoms with E-state index in [9.17, 15) is 39.6 Å². The van der Waals surface area contributed by atoms with Gasteiger partial charge < -0.3 is 61.5 Å². The summed E-state index contributed by atoms with van der Waals surface area (Å²) in [5, 5.41) is 39.9. The van der Waals surface area contributed by atoms with Crippen LogP contribution in [0.1, 0.15) is 22.3 Å². The Hall–Kier alpha value is -5.40. The van der Waals surface area contributed by atoms with E-state index in [0.29, 0.717) is 0 Å². The minimum absolute atomic E-state index is 0. The molecule has 2 radical (unpaired) electrons. The summed E-state index contributed by atoms with van der Waals surface area (Å²) in [5.41, 5.74) is 3.43. The average Bonchev–Trinajstić information content (AvgIpc) is 3.04. The van der Waals surface area contributed by atoms with Crippen molar-refractivity contribution in [2.45, 2.75) is 0 Å². The summed E-state index contributed by atoms with van der Waals surface area (Å²) < 4.78 is 0. The molecule has 0 heterocycles. The van der Waals surface area contributed by atoms with Crippen molar-refractivity contribution in [3.63, 3.8) is 0 Å². The van der Waals surface area contributed by atoms with E-state index < -0.39 is 23.9 Å². The smallest absolute Gasteiger partial charge is 0.545 e. The fourth-order valence-corrected chi connectivity index (χ4v) is 2.91. The van der Waals surface area contributed by atoms with Crippen molar-refractivity contribution in [3.8, 4) is 0 Å². The van der Waals surface area contributed by atoms with Gasteiger partial charge in [0.05, 0.1) is 23.9 Å². The van der Waals surface area contributed by atoms with Crippen molar-refractivity contribution in [1.29, 1.82) is 0 Å². The minimum atomic E-state index is -1.17. The SMILES string of the molecule is O=C([O-])/C=C/c1ccccc1.O=C([O-])/C=C/c1ccccc1.O=C([O-])/C=C/c1ccccc1.O=C([O-])/C=C/c1ccccc1.[Cu+2].[Cu+2].[OH3+].[OH3+].[OH3+].[OH3+]. The van der Waals surface area contributed by atoms with Gasteiger partial charge in [-0.25, -0.2) is 0 Å². The number of carboxylic acids is 4. The van der Waals surface area contributed by atoms with E-state index in [1.165, 1.54) is 24.3 Å². The zero-order valence-electron chi connectivity index (χ0n) is 26.3. The molecule has 0 aliphatic carbocycles. The predicted molar refractivity (Wildman–Crippen MR) is 181 cm³/mol. The predicted octanol–water partition coefficient (Wildman–Crippen LogP) is -1.89. The van der Waals surface area contributed by atoms with Gasteiger partial charge in [0.1, 0.15) is 0 Å². The summed E-state index contributed by atoms with van der Waals surface area (Å²) in [6, 6.07) is 36.8. The van der Waals surface area contributed by atoms with Gasteiger partial charge in [-0.3, -0.25) is 0 Å². The van der Waals surface area contributed by atoms with Crippen molar-refractivity contribution in [3.05, 3.63) is 168 Å². The number of carbonyl (C=O) groups excluding carboxylic acids is 4. The first-order chi connectivity index (χ1) is 21.2. The van der Waals surface area contributed by atoms with Gasteiger partial charge in [0.15, 0.2) is 0 Å². The second-order valence-electron chi connectivity index (χ2n) is 8.25. The zero-order valence-corrected chi connectivity index (χ0v) is 28.2. The fraction of sp³-hybridized carbons (Fsp3) is 0. The van der Waals surface area contributed by atoms with Gasteiger partial charge in [-0.05, 0) is 46.6 Å². The van der Waals surface area contributed by atoms with Crippen LogP contribution in [-0.4, -0.2) is 23.9 Å². The number of aliphatic carboxylic acids is 4. The van der Waals surface area contributed by atoms with Gasteiger partial charge >= 0.3 is 34.1 Å². The monoisotopic (exact) mass is 790 g/mol. The van der Waals surface area contributed by atoms with Gasteiger partial charge in [-0.1, -0.05) is 146 Å². The van der Waals surface area contributed by atoms with Crippen molar-refractivity contribution < 1.29 is 95.6 Å². The Kier molecular flexibility index (Phi) is 41.5. The molecule has 0 aliphatic heterocycles. The summed E-state index contributed by atoms with van der Waals surface area (Å²) in [4.78, 5) is 39.9. The Morgan fingerprint density at radius 1 is 0.320 bits per heavy atom. The van der Waals surface area contributed by atoms with Crippen LogP contribution in [0.3, 0.4) is 0 Å². The molecule has 4 aromatic carbocycles. The van der Waals surface area contributed by atoms with Gasteiger partial charge in [0.2, 0.25) is 0 Å². The normalized spacial score (nSPS) is 8.96. The topological polar surface area (TPSA) is 293 Å². The Bertz CT molecular complexity index is 1310. The zero-order chi connectivity index (χ0) is 32.4. The molecule has 0 saturated heterocycles. The first-order valence-corrected chi connectivity index (χ1v) is 12.9. The van der Waals surface area contributed by atoms with Gasteiger partial charge in [0.25, 0.3) is 0 Å². The summed E-state index contributed by atoms with van der Waals surface area (Å²) in [6.07, 6.45) is 10.0.